The summed E-state index contributed by atoms with van der Waals surface area (Å²) in [5, 5.41) is 19.4. The summed E-state index contributed by atoms with van der Waals surface area (Å²) >= 11 is 1.52. The lowest BCUT2D eigenvalue weighted by molar-refractivity contribution is -0.116. The molecule has 0 radical (unpaired) electrons. The number of rotatable bonds is 7. The van der Waals surface area contributed by atoms with Gasteiger partial charge in [-0.05, 0) is 63.1 Å². The van der Waals surface area contributed by atoms with Gasteiger partial charge in [0.2, 0.25) is 5.91 Å². The molecule has 0 bridgehead atoms. The number of carbonyl (C=O) groups excluding carboxylic acids is 2. The number of hydrogen-bond acceptors (Lipinski definition) is 6. The van der Waals surface area contributed by atoms with Crippen LogP contribution in [0.5, 0.6) is 0 Å². The van der Waals surface area contributed by atoms with Crippen molar-refractivity contribution < 1.29 is 14.3 Å². The predicted molar refractivity (Wildman–Crippen MR) is 130 cm³/mol. The third-order valence-electron chi connectivity index (χ3n) is 6.22. The van der Waals surface area contributed by atoms with E-state index in [0.29, 0.717) is 28.4 Å². The average Bonchev–Trinajstić information content (AvgIpc) is 3.39. The van der Waals surface area contributed by atoms with E-state index >= 15 is 0 Å². The molecule has 33 heavy (non-hydrogen) atoms. The lowest BCUT2D eigenvalue weighted by Gasteiger charge is -2.18. The standard InChI is InChI=1S/C25H30N4O3S/c1-16(23(30)29-25-20(14-26)18-9-3-2-4-12-22(18)33-25)28-21-11-6-5-10-19(21)24(31)27-15-17-8-7-13-32-17/h5-6,10-11,16-17,28H,2-4,7-9,12-13,15H2,1H3,(H,27,31)(H,29,30)/t16-,17-/m1/s1. The molecule has 0 spiro atoms. The summed E-state index contributed by atoms with van der Waals surface area (Å²) in [6, 6.07) is 8.86. The maximum atomic E-state index is 13.0. The number of amides is 2. The third-order valence-corrected chi connectivity index (χ3v) is 7.43. The van der Waals surface area contributed by atoms with Crippen molar-refractivity contribution in [3.05, 3.63) is 45.8 Å². The number of benzene rings is 1. The van der Waals surface area contributed by atoms with E-state index in [0.717, 1.165) is 50.7 Å². The molecule has 1 saturated heterocycles. The third kappa shape index (κ3) is 5.55. The zero-order valence-corrected chi connectivity index (χ0v) is 19.7. The Bertz CT molecular complexity index is 1050. The highest BCUT2D eigenvalue weighted by Gasteiger charge is 2.24. The van der Waals surface area contributed by atoms with E-state index in [9.17, 15) is 14.9 Å². The normalized spacial score (nSPS) is 18.5. The minimum Gasteiger partial charge on any atom is -0.376 e. The van der Waals surface area contributed by atoms with E-state index in [1.807, 2.05) is 6.07 Å². The van der Waals surface area contributed by atoms with Gasteiger partial charge in [-0.1, -0.05) is 18.6 Å². The Kier molecular flexibility index (Phi) is 7.63. The Hall–Kier alpha value is -2.89. The van der Waals surface area contributed by atoms with Crippen LogP contribution in [0.25, 0.3) is 0 Å². The predicted octanol–water partition coefficient (Wildman–Crippen LogP) is 4.24. The molecular formula is C25H30N4O3S. The molecule has 1 aromatic carbocycles. The molecule has 174 valence electrons. The first-order valence-corrected chi connectivity index (χ1v) is 12.5. The molecule has 1 fully saturated rings. The SMILES string of the molecule is C[C@@H](Nc1ccccc1C(=O)NC[C@H]1CCCO1)C(=O)Nc1sc2c(c1C#N)CCCCC2. The summed E-state index contributed by atoms with van der Waals surface area (Å²) in [5.41, 5.74) is 2.78. The Morgan fingerprint density at radius 3 is 2.82 bits per heavy atom. The summed E-state index contributed by atoms with van der Waals surface area (Å²) in [6.07, 6.45) is 7.27. The van der Waals surface area contributed by atoms with Crippen LogP contribution in [0.4, 0.5) is 10.7 Å². The highest BCUT2D eigenvalue weighted by atomic mass is 32.1. The fourth-order valence-corrected chi connectivity index (χ4v) is 5.62. The smallest absolute Gasteiger partial charge is 0.253 e. The van der Waals surface area contributed by atoms with Crippen LogP contribution in [0.3, 0.4) is 0 Å². The molecule has 3 N–H and O–H groups in total. The van der Waals surface area contributed by atoms with Crippen LogP contribution >= 0.6 is 11.3 Å². The highest BCUT2D eigenvalue weighted by molar-refractivity contribution is 7.16. The molecule has 2 aliphatic rings. The number of hydrogen-bond donors (Lipinski definition) is 3. The molecule has 2 amide bonds. The van der Waals surface area contributed by atoms with Gasteiger partial charge in [-0.2, -0.15) is 5.26 Å². The second-order valence-electron chi connectivity index (χ2n) is 8.63. The van der Waals surface area contributed by atoms with Crippen LogP contribution in [0.2, 0.25) is 0 Å². The van der Waals surface area contributed by atoms with E-state index in [-0.39, 0.29) is 17.9 Å². The maximum Gasteiger partial charge on any atom is 0.253 e. The van der Waals surface area contributed by atoms with Gasteiger partial charge in [0.05, 0.1) is 17.2 Å². The second-order valence-corrected chi connectivity index (χ2v) is 9.73. The molecule has 0 unspecified atom stereocenters. The van der Waals surface area contributed by atoms with Crippen molar-refractivity contribution in [2.75, 3.05) is 23.8 Å². The van der Waals surface area contributed by atoms with E-state index in [1.165, 1.54) is 22.6 Å². The minimum absolute atomic E-state index is 0.0639. The minimum atomic E-state index is -0.592. The quantitative estimate of drug-likeness (QED) is 0.530. The lowest BCUT2D eigenvalue weighted by atomic mass is 10.1. The molecule has 2 atom stereocenters. The van der Waals surface area contributed by atoms with E-state index in [2.05, 4.69) is 22.0 Å². The number of nitriles is 1. The van der Waals surface area contributed by atoms with Crippen molar-refractivity contribution in [1.82, 2.24) is 5.32 Å². The highest BCUT2D eigenvalue weighted by Crippen LogP contribution is 2.37. The lowest BCUT2D eigenvalue weighted by Crippen LogP contribution is -2.34. The summed E-state index contributed by atoms with van der Waals surface area (Å²) in [7, 11) is 0. The average molecular weight is 467 g/mol. The molecule has 4 rings (SSSR count). The number of anilines is 2. The zero-order chi connectivity index (χ0) is 23.2. The molecule has 8 heteroatoms. The molecule has 2 heterocycles. The van der Waals surface area contributed by atoms with Crippen LogP contribution in [-0.2, 0) is 22.4 Å². The van der Waals surface area contributed by atoms with Gasteiger partial charge < -0.3 is 20.7 Å². The number of fused-ring (bicyclic) bond motifs is 1. The van der Waals surface area contributed by atoms with Gasteiger partial charge in [0.25, 0.3) is 5.91 Å². The maximum absolute atomic E-state index is 13.0. The number of carbonyl (C=O) groups is 2. The molecule has 1 aromatic heterocycles. The van der Waals surface area contributed by atoms with Crippen molar-refractivity contribution in [2.45, 2.75) is 64.0 Å². The van der Waals surface area contributed by atoms with Crippen molar-refractivity contribution in [3.63, 3.8) is 0 Å². The molecule has 7 nitrogen and oxygen atoms in total. The molecule has 0 saturated carbocycles. The first-order chi connectivity index (χ1) is 16.1. The van der Waals surface area contributed by atoms with Gasteiger partial charge in [-0.3, -0.25) is 9.59 Å². The van der Waals surface area contributed by atoms with Crippen LogP contribution in [0.15, 0.2) is 24.3 Å². The second kappa shape index (κ2) is 10.8. The number of nitrogens with zero attached hydrogens (tertiary/aromatic N) is 1. The fraction of sp³-hybridized carbons (Fsp3) is 0.480. The summed E-state index contributed by atoms with van der Waals surface area (Å²) in [5.74, 6) is -0.438. The van der Waals surface area contributed by atoms with Crippen molar-refractivity contribution >= 4 is 33.8 Å². The van der Waals surface area contributed by atoms with Crippen molar-refractivity contribution in [1.29, 1.82) is 5.26 Å². The molecule has 2 aromatic rings. The molecular weight excluding hydrogens is 436 g/mol. The Labute approximate surface area is 198 Å². The van der Waals surface area contributed by atoms with Gasteiger partial charge in [0, 0.05) is 23.7 Å². The number of nitrogens with one attached hydrogen (secondary N) is 3. The Morgan fingerprint density at radius 1 is 1.21 bits per heavy atom. The summed E-state index contributed by atoms with van der Waals surface area (Å²) in [6.45, 7) is 2.97. The van der Waals surface area contributed by atoms with Crippen LogP contribution in [-0.4, -0.2) is 37.1 Å². The van der Waals surface area contributed by atoms with Crippen molar-refractivity contribution in [3.8, 4) is 6.07 Å². The van der Waals surface area contributed by atoms with Crippen LogP contribution in [0, 0.1) is 11.3 Å². The van der Waals surface area contributed by atoms with Crippen LogP contribution < -0.4 is 16.0 Å². The largest absolute Gasteiger partial charge is 0.376 e. The van der Waals surface area contributed by atoms with Gasteiger partial charge >= 0.3 is 0 Å². The molecule has 1 aliphatic carbocycles. The topological polar surface area (TPSA) is 103 Å². The Balaban J connectivity index is 1.41. The summed E-state index contributed by atoms with van der Waals surface area (Å²) in [4.78, 5) is 26.9. The van der Waals surface area contributed by atoms with Gasteiger partial charge in [0.15, 0.2) is 0 Å². The van der Waals surface area contributed by atoms with Crippen molar-refractivity contribution in [2.24, 2.45) is 0 Å². The molecule has 1 aliphatic heterocycles. The number of thiophene rings is 1. The summed E-state index contributed by atoms with van der Waals surface area (Å²) < 4.78 is 5.57. The van der Waals surface area contributed by atoms with E-state index in [1.54, 1.807) is 25.1 Å². The van der Waals surface area contributed by atoms with E-state index < -0.39 is 6.04 Å². The first kappa shape index (κ1) is 23.3. The number of para-hydroxylation sites is 1. The zero-order valence-electron chi connectivity index (χ0n) is 18.9. The van der Waals surface area contributed by atoms with Gasteiger partial charge in [-0.25, -0.2) is 0 Å². The monoisotopic (exact) mass is 466 g/mol. The van der Waals surface area contributed by atoms with E-state index in [4.69, 9.17) is 4.74 Å². The Morgan fingerprint density at radius 2 is 2.03 bits per heavy atom. The number of aryl methyl sites for hydroxylation is 1. The van der Waals surface area contributed by atoms with Gasteiger partial charge in [-0.15, -0.1) is 11.3 Å². The first-order valence-electron chi connectivity index (χ1n) is 11.7. The number of ether oxygens (including phenoxy) is 1. The van der Waals surface area contributed by atoms with Gasteiger partial charge in [0.1, 0.15) is 17.1 Å². The van der Waals surface area contributed by atoms with Crippen LogP contribution in [0.1, 0.15) is 65.4 Å². The fourth-order valence-electron chi connectivity index (χ4n) is 4.38.